The Morgan fingerprint density at radius 3 is 2.84 bits per heavy atom. The summed E-state index contributed by atoms with van der Waals surface area (Å²) in [6.07, 6.45) is 6.73. The molecule has 0 radical (unpaired) electrons. The predicted octanol–water partition coefficient (Wildman–Crippen LogP) is 2.45. The highest BCUT2D eigenvalue weighted by Gasteiger charge is 2.19. The Labute approximate surface area is 122 Å². The number of aliphatic hydroxyl groups is 1. The summed E-state index contributed by atoms with van der Waals surface area (Å²) in [5, 5.41) is 13.1. The highest BCUT2D eigenvalue weighted by atomic mass is 32.2. The fraction of sp³-hybridized carbons (Fsp3) is 0.867. The molecule has 1 aliphatic carbocycles. The van der Waals surface area contributed by atoms with E-state index in [1.165, 1.54) is 12.8 Å². The fourth-order valence-electron chi connectivity index (χ4n) is 2.28. The van der Waals surface area contributed by atoms with Crippen LogP contribution in [0.25, 0.3) is 0 Å². The van der Waals surface area contributed by atoms with Gasteiger partial charge < -0.3 is 15.2 Å². The van der Waals surface area contributed by atoms with Crippen LogP contribution < -0.4 is 5.32 Å². The molecule has 0 aromatic heterocycles. The number of nitrogens with one attached hydrogen (secondary N) is 1. The van der Waals surface area contributed by atoms with E-state index in [-0.39, 0.29) is 6.10 Å². The summed E-state index contributed by atoms with van der Waals surface area (Å²) in [7, 11) is 0. The van der Waals surface area contributed by atoms with Crippen LogP contribution >= 0.6 is 11.8 Å². The average molecular weight is 287 g/mol. The molecule has 19 heavy (non-hydrogen) atoms. The topological polar surface area (TPSA) is 41.5 Å². The smallest absolute Gasteiger partial charge is 0.0897 e. The maximum absolute atomic E-state index is 9.82. The second kappa shape index (κ2) is 10.7. The summed E-state index contributed by atoms with van der Waals surface area (Å²) < 4.78 is 5.78. The molecule has 0 saturated heterocycles. The van der Waals surface area contributed by atoms with Crippen LogP contribution in [0.3, 0.4) is 0 Å². The molecule has 0 spiro atoms. The highest BCUT2D eigenvalue weighted by Crippen LogP contribution is 2.25. The van der Waals surface area contributed by atoms with Crippen LogP contribution in [0, 0.1) is 5.92 Å². The zero-order valence-corrected chi connectivity index (χ0v) is 13.0. The highest BCUT2D eigenvalue weighted by molar-refractivity contribution is 7.99. The first-order valence-corrected chi connectivity index (χ1v) is 8.57. The first-order chi connectivity index (χ1) is 9.22. The van der Waals surface area contributed by atoms with Gasteiger partial charge in [-0.25, -0.2) is 0 Å². The molecule has 1 rings (SSSR count). The van der Waals surface area contributed by atoms with E-state index >= 15 is 0 Å². The first kappa shape index (κ1) is 17.0. The molecule has 4 heteroatoms. The molecule has 0 bridgehead atoms. The van der Waals surface area contributed by atoms with E-state index in [9.17, 15) is 5.11 Å². The lowest BCUT2D eigenvalue weighted by molar-refractivity contribution is -0.0276. The average Bonchev–Trinajstić information content (AvgIpc) is 2.42. The Kier molecular flexibility index (Phi) is 9.61. The van der Waals surface area contributed by atoms with Gasteiger partial charge >= 0.3 is 0 Å². The van der Waals surface area contributed by atoms with Crippen LogP contribution in [0.1, 0.15) is 32.6 Å². The van der Waals surface area contributed by atoms with Gasteiger partial charge in [0.15, 0.2) is 0 Å². The van der Waals surface area contributed by atoms with Crippen LogP contribution in [-0.2, 0) is 4.74 Å². The van der Waals surface area contributed by atoms with E-state index in [2.05, 4.69) is 18.8 Å². The minimum atomic E-state index is -0.385. The second-order valence-electron chi connectivity index (χ2n) is 5.44. The Morgan fingerprint density at radius 1 is 1.42 bits per heavy atom. The number of hydrogen-bond acceptors (Lipinski definition) is 4. The van der Waals surface area contributed by atoms with E-state index in [1.807, 2.05) is 17.8 Å². The zero-order chi connectivity index (χ0) is 13.9. The van der Waals surface area contributed by atoms with Gasteiger partial charge in [0.05, 0.1) is 18.8 Å². The van der Waals surface area contributed by atoms with Crippen LogP contribution in [0.15, 0.2) is 12.7 Å². The van der Waals surface area contributed by atoms with Crippen molar-refractivity contribution in [2.45, 2.75) is 44.8 Å². The Hall–Kier alpha value is -0.0300. The number of rotatable bonds is 10. The molecule has 3 nitrogen and oxygen atoms in total. The van der Waals surface area contributed by atoms with Crippen LogP contribution in [0.2, 0.25) is 0 Å². The lowest BCUT2D eigenvalue weighted by Crippen LogP contribution is -2.33. The van der Waals surface area contributed by atoms with Crippen LogP contribution in [0.4, 0.5) is 0 Å². The summed E-state index contributed by atoms with van der Waals surface area (Å²) in [6.45, 7) is 8.00. The molecule has 1 saturated carbocycles. The number of hydrogen-bond donors (Lipinski definition) is 2. The van der Waals surface area contributed by atoms with Gasteiger partial charge in [-0.2, -0.15) is 11.8 Å². The monoisotopic (exact) mass is 287 g/mol. The molecule has 2 N–H and O–H groups in total. The van der Waals surface area contributed by atoms with Crippen molar-refractivity contribution in [2.24, 2.45) is 5.92 Å². The van der Waals surface area contributed by atoms with Gasteiger partial charge in [-0.15, -0.1) is 6.58 Å². The third-order valence-corrected chi connectivity index (χ3v) is 4.49. The standard InChI is InChI=1S/C15H29NO2S/c1-3-9-19-10-8-16-11-14(17)12-18-15-6-4-13(2)5-7-15/h3,13-17H,1,4-12H2,2H3. The molecule has 0 heterocycles. The maximum atomic E-state index is 9.82. The van der Waals surface area contributed by atoms with Gasteiger partial charge in [0, 0.05) is 24.6 Å². The maximum Gasteiger partial charge on any atom is 0.0897 e. The van der Waals surface area contributed by atoms with Gasteiger partial charge in [-0.05, 0) is 31.6 Å². The van der Waals surface area contributed by atoms with Crippen molar-refractivity contribution in [1.29, 1.82) is 0 Å². The van der Waals surface area contributed by atoms with Gasteiger partial charge in [-0.3, -0.25) is 0 Å². The van der Waals surface area contributed by atoms with Crippen molar-refractivity contribution < 1.29 is 9.84 Å². The lowest BCUT2D eigenvalue weighted by atomic mass is 9.89. The van der Waals surface area contributed by atoms with Gasteiger partial charge in [-0.1, -0.05) is 13.0 Å². The predicted molar refractivity (Wildman–Crippen MR) is 83.8 cm³/mol. The molecule has 1 fully saturated rings. The van der Waals surface area contributed by atoms with Crippen LogP contribution in [0.5, 0.6) is 0 Å². The van der Waals surface area contributed by atoms with E-state index < -0.39 is 0 Å². The van der Waals surface area contributed by atoms with E-state index in [1.54, 1.807) is 0 Å². The minimum absolute atomic E-state index is 0.369. The van der Waals surface area contributed by atoms with E-state index in [4.69, 9.17) is 4.74 Å². The molecular weight excluding hydrogens is 258 g/mol. The Balaban J connectivity index is 1.92. The lowest BCUT2D eigenvalue weighted by Gasteiger charge is -2.27. The molecule has 0 aliphatic heterocycles. The molecule has 1 atom stereocenters. The van der Waals surface area contributed by atoms with Crippen molar-refractivity contribution in [3.05, 3.63) is 12.7 Å². The third-order valence-electron chi connectivity index (χ3n) is 3.53. The molecule has 1 unspecified atom stereocenters. The molecule has 0 aromatic carbocycles. The SMILES string of the molecule is C=CCSCCNCC(O)COC1CCC(C)CC1. The summed E-state index contributed by atoms with van der Waals surface area (Å²) >= 11 is 1.85. The Morgan fingerprint density at radius 2 is 2.16 bits per heavy atom. The van der Waals surface area contributed by atoms with Crippen molar-refractivity contribution in [3.63, 3.8) is 0 Å². The molecule has 0 amide bonds. The van der Waals surface area contributed by atoms with E-state index in [0.29, 0.717) is 19.3 Å². The minimum Gasteiger partial charge on any atom is -0.389 e. The quantitative estimate of drug-likeness (QED) is 0.478. The zero-order valence-electron chi connectivity index (χ0n) is 12.1. The van der Waals surface area contributed by atoms with Gasteiger partial charge in [0.2, 0.25) is 0 Å². The third kappa shape index (κ3) is 8.69. The first-order valence-electron chi connectivity index (χ1n) is 7.41. The molecule has 112 valence electrons. The summed E-state index contributed by atoms with van der Waals surface area (Å²) in [4.78, 5) is 0. The number of thioether (sulfide) groups is 1. The second-order valence-corrected chi connectivity index (χ2v) is 6.59. The van der Waals surface area contributed by atoms with Crippen molar-refractivity contribution in [3.8, 4) is 0 Å². The van der Waals surface area contributed by atoms with Gasteiger partial charge in [0.25, 0.3) is 0 Å². The van der Waals surface area contributed by atoms with Crippen molar-refractivity contribution in [2.75, 3.05) is 31.2 Å². The number of aliphatic hydroxyl groups excluding tert-OH is 1. The Bertz CT molecular complexity index is 230. The van der Waals surface area contributed by atoms with Crippen LogP contribution in [-0.4, -0.2) is 48.5 Å². The molecular formula is C15H29NO2S. The number of ether oxygens (including phenoxy) is 1. The van der Waals surface area contributed by atoms with Crippen molar-refractivity contribution in [1.82, 2.24) is 5.32 Å². The summed E-state index contributed by atoms with van der Waals surface area (Å²) in [5.41, 5.74) is 0. The van der Waals surface area contributed by atoms with Crippen molar-refractivity contribution >= 4 is 11.8 Å². The largest absolute Gasteiger partial charge is 0.389 e. The normalized spacial score (nSPS) is 25.2. The summed E-state index contributed by atoms with van der Waals surface area (Å²) in [5.74, 6) is 2.90. The fourth-order valence-corrected chi connectivity index (χ4v) is 2.90. The van der Waals surface area contributed by atoms with E-state index in [0.717, 1.165) is 36.8 Å². The molecule has 1 aliphatic rings. The molecule has 0 aromatic rings. The van der Waals surface area contributed by atoms with Gasteiger partial charge in [0.1, 0.15) is 0 Å². The summed E-state index contributed by atoms with van der Waals surface area (Å²) in [6, 6.07) is 0.